The number of carboxylic acids is 1. The van der Waals surface area contributed by atoms with Gasteiger partial charge in [-0.05, 0) is 38.0 Å². The van der Waals surface area contributed by atoms with Gasteiger partial charge in [0.05, 0.1) is 0 Å². The van der Waals surface area contributed by atoms with Crippen molar-refractivity contribution in [2.75, 3.05) is 0 Å². The lowest BCUT2D eigenvalue weighted by Gasteiger charge is -2.32. The zero-order chi connectivity index (χ0) is 13.1. The number of carbonyl (C=O) groups is 1. The van der Waals surface area contributed by atoms with Crippen molar-refractivity contribution in [3.05, 3.63) is 35.6 Å². The maximum atomic E-state index is 12.9. The second kappa shape index (κ2) is 5.27. The second-order valence-corrected chi connectivity index (χ2v) is 4.37. The Balaban J connectivity index is 3.21. The number of nitrogens with one attached hydrogen (secondary N) is 1. The molecule has 0 saturated carbocycles. The first-order valence-electron chi connectivity index (χ1n) is 5.69. The molecule has 2 N–H and O–H groups in total. The first kappa shape index (κ1) is 13.6. The SMILES string of the molecule is CCC(NC(C)C)(C(=O)O)c1ccc(F)cc1. The average molecular weight is 239 g/mol. The minimum absolute atomic E-state index is 0.0242. The fourth-order valence-electron chi connectivity index (χ4n) is 1.95. The highest BCUT2D eigenvalue weighted by molar-refractivity contribution is 5.80. The van der Waals surface area contributed by atoms with Crippen LogP contribution in [0, 0.1) is 5.82 Å². The normalized spacial score (nSPS) is 14.6. The van der Waals surface area contributed by atoms with Crippen LogP contribution < -0.4 is 5.32 Å². The van der Waals surface area contributed by atoms with Crippen LogP contribution in [0.25, 0.3) is 0 Å². The highest BCUT2D eigenvalue weighted by Gasteiger charge is 2.38. The number of hydrogen-bond acceptors (Lipinski definition) is 2. The molecule has 0 fully saturated rings. The van der Waals surface area contributed by atoms with Crippen molar-refractivity contribution < 1.29 is 14.3 Å². The summed E-state index contributed by atoms with van der Waals surface area (Å²) in [5.41, 5.74) is -0.579. The Bertz CT molecular complexity index is 389. The molecule has 0 aliphatic rings. The van der Waals surface area contributed by atoms with Gasteiger partial charge in [-0.2, -0.15) is 0 Å². The van der Waals surface area contributed by atoms with E-state index in [0.717, 1.165) is 0 Å². The number of aliphatic carboxylic acids is 1. The van der Waals surface area contributed by atoms with Gasteiger partial charge < -0.3 is 5.11 Å². The minimum atomic E-state index is -1.15. The Morgan fingerprint density at radius 3 is 2.29 bits per heavy atom. The topological polar surface area (TPSA) is 49.3 Å². The van der Waals surface area contributed by atoms with Gasteiger partial charge in [-0.3, -0.25) is 5.32 Å². The molecule has 0 aliphatic heterocycles. The van der Waals surface area contributed by atoms with Gasteiger partial charge >= 0.3 is 5.97 Å². The van der Waals surface area contributed by atoms with E-state index in [1.807, 2.05) is 13.8 Å². The zero-order valence-corrected chi connectivity index (χ0v) is 10.3. The van der Waals surface area contributed by atoms with Crippen LogP contribution in [0.15, 0.2) is 24.3 Å². The lowest BCUT2D eigenvalue weighted by atomic mass is 9.86. The molecule has 1 atom stereocenters. The Morgan fingerprint density at radius 1 is 1.41 bits per heavy atom. The summed E-state index contributed by atoms with van der Waals surface area (Å²) in [5, 5.41) is 12.5. The summed E-state index contributed by atoms with van der Waals surface area (Å²) < 4.78 is 12.9. The molecule has 0 radical (unpaired) electrons. The Kier molecular flexibility index (Phi) is 4.23. The van der Waals surface area contributed by atoms with Gasteiger partial charge in [-0.25, -0.2) is 9.18 Å². The summed E-state index contributed by atoms with van der Waals surface area (Å²) in [7, 11) is 0. The molecule has 0 bridgehead atoms. The first-order chi connectivity index (χ1) is 7.92. The smallest absolute Gasteiger partial charge is 0.328 e. The Labute approximate surface area is 101 Å². The maximum Gasteiger partial charge on any atom is 0.328 e. The van der Waals surface area contributed by atoms with Crippen molar-refractivity contribution in [2.24, 2.45) is 0 Å². The molecule has 0 aliphatic carbocycles. The number of halogens is 1. The Hall–Kier alpha value is -1.42. The van der Waals surface area contributed by atoms with E-state index in [1.54, 1.807) is 6.92 Å². The fourth-order valence-corrected chi connectivity index (χ4v) is 1.95. The van der Waals surface area contributed by atoms with Gasteiger partial charge in [0.1, 0.15) is 11.4 Å². The van der Waals surface area contributed by atoms with E-state index in [4.69, 9.17) is 0 Å². The van der Waals surface area contributed by atoms with E-state index < -0.39 is 11.5 Å². The lowest BCUT2D eigenvalue weighted by Crippen LogP contribution is -2.51. The number of benzene rings is 1. The maximum absolute atomic E-state index is 12.9. The van der Waals surface area contributed by atoms with E-state index in [-0.39, 0.29) is 11.9 Å². The molecule has 1 aromatic carbocycles. The van der Waals surface area contributed by atoms with Crippen LogP contribution in [0.5, 0.6) is 0 Å². The summed E-state index contributed by atoms with van der Waals surface area (Å²) in [6.07, 6.45) is 0.395. The predicted octanol–water partition coefficient (Wildman–Crippen LogP) is 2.51. The molecule has 0 heterocycles. The summed E-state index contributed by atoms with van der Waals surface area (Å²) in [6, 6.07) is 5.62. The minimum Gasteiger partial charge on any atom is -0.480 e. The Morgan fingerprint density at radius 2 is 1.94 bits per heavy atom. The third kappa shape index (κ3) is 2.82. The van der Waals surface area contributed by atoms with Crippen LogP contribution in [0.4, 0.5) is 4.39 Å². The van der Waals surface area contributed by atoms with E-state index in [9.17, 15) is 14.3 Å². The van der Waals surface area contributed by atoms with Crippen molar-refractivity contribution in [2.45, 2.75) is 38.8 Å². The summed E-state index contributed by atoms with van der Waals surface area (Å²) in [5.74, 6) is -1.31. The fraction of sp³-hybridized carbons (Fsp3) is 0.462. The molecular formula is C13H18FNO2. The highest BCUT2D eigenvalue weighted by Crippen LogP contribution is 2.26. The molecule has 0 saturated heterocycles. The summed E-state index contributed by atoms with van der Waals surface area (Å²) >= 11 is 0. The lowest BCUT2D eigenvalue weighted by molar-refractivity contribution is -0.146. The van der Waals surface area contributed by atoms with E-state index >= 15 is 0 Å². The quantitative estimate of drug-likeness (QED) is 0.830. The third-order valence-electron chi connectivity index (χ3n) is 2.77. The van der Waals surface area contributed by atoms with Crippen LogP contribution in [0.3, 0.4) is 0 Å². The molecule has 0 amide bonds. The van der Waals surface area contributed by atoms with Crippen molar-refractivity contribution >= 4 is 5.97 Å². The number of carboxylic acid groups (broad SMARTS) is 1. The standard InChI is InChI=1S/C13H18FNO2/c1-4-13(12(16)17,15-9(2)3)10-5-7-11(14)8-6-10/h5-9,15H,4H2,1-3H3,(H,16,17). The van der Waals surface area contributed by atoms with Gasteiger partial charge in [0.25, 0.3) is 0 Å². The van der Waals surface area contributed by atoms with Crippen LogP contribution in [-0.2, 0) is 10.3 Å². The molecule has 3 nitrogen and oxygen atoms in total. The van der Waals surface area contributed by atoms with Crippen LogP contribution in [0.2, 0.25) is 0 Å². The van der Waals surface area contributed by atoms with E-state index in [2.05, 4.69) is 5.32 Å². The van der Waals surface area contributed by atoms with Gasteiger partial charge in [0.2, 0.25) is 0 Å². The largest absolute Gasteiger partial charge is 0.480 e. The van der Waals surface area contributed by atoms with Crippen LogP contribution in [-0.4, -0.2) is 17.1 Å². The van der Waals surface area contributed by atoms with Gasteiger partial charge in [-0.1, -0.05) is 19.1 Å². The average Bonchev–Trinajstić information content (AvgIpc) is 2.26. The van der Waals surface area contributed by atoms with Crippen LogP contribution in [0.1, 0.15) is 32.8 Å². The molecule has 1 unspecified atom stereocenters. The number of rotatable bonds is 5. The third-order valence-corrected chi connectivity index (χ3v) is 2.77. The molecule has 4 heteroatoms. The number of hydrogen-bond donors (Lipinski definition) is 2. The van der Waals surface area contributed by atoms with Gasteiger partial charge in [-0.15, -0.1) is 0 Å². The summed E-state index contributed by atoms with van der Waals surface area (Å²) in [4.78, 5) is 11.5. The monoisotopic (exact) mass is 239 g/mol. The van der Waals surface area contributed by atoms with Crippen molar-refractivity contribution in [3.63, 3.8) is 0 Å². The molecule has 0 aromatic heterocycles. The summed E-state index contributed by atoms with van der Waals surface area (Å²) in [6.45, 7) is 5.57. The van der Waals surface area contributed by atoms with Gasteiger partial charge in [0, 0.05) is 6.04 Å². The molecule has 17 heavy (non-hydrogen) atoms. The molecule has 1 aromatic rings. The van der Waals surface area contributed by atoms with Crippen LogP contribution >= 0.6 is 0 Å². The molecular weight excluding hydrogens is 221 g/mol. The zero-order valence-electron chi connectivity index (χ0n) is 10.3. The van der Waals surface area contributed by atoms with E-state index in [1.165, 1.54) is 24.3 Å². The molecule has 0 spiro atoms. The van der Waals surface area contributed by atoms with Crippen molar-refractivity contribution in [1.29, 1.82) is 0 Å². The highest BCUT2D eigenvalue weighted by atomic mass is 19.1. The second-order valence-electron chi connectivity index (χ2n) is 4.37. The molecule has 1 rings (SSSR count). The van der Waals surface area contributed by atoms with Gasteiger partial charge in [0.15, 0.2) is 0 Å². The van der Waals surface area contributed by atoms with Crippen molar-refractivity contribution in [3.8, 4) is 0 Å². The predicted molar refractivity (Wildman–Crippen MR) is 64.3 cm³/mol. The van der Waals surface area contributed by atoms with E-state index in [0.29, 0.717) is 12.0 Å². The first-order valence-corrected chi connectivity index (χ1v) is 5.69. The molecule has 94 valence electrons. The van der Waals surface area contributed by atoms with Crippen molar-refractivity contribution in [1.82, 2.24) is 5.32 Å².